The number of methoxy groups -OCH3 is 1. The molecular formula is C27H30O3. The molecule has 1 N–H and O–H groups in total. The largest absolute Gasteiger partial charge is 0.497 e. The number of hydrogen-bond acceptors (Lipinski definition) is 3. The highest BCUT2D eigenvalue weighted by Crippen LogP contribution is 2.17. The van der Waals surface area contributed by atoms with E-state index >= 15 is 0 Å². The minimum Gasteiger partial charge on any atom is -0.497 e. The summed E-state index contributed by atoms with van der Waals surface area (Å²) in [5.41, 5.74) is 3.54. The number of aliphatic hydroxyl groups excluding tert-OH is 1. The van der Waals surface area contributed by atoms with E-state index in [4.69, 9.17) is 9.47 Å². The van der Waals surface area contributed by atoms with Gasteiger partial charge in [-0.2, -0.15) is 0 Å². The third-order valence-corrected chi connectivity index (χ3v) is 5.01. The smallest absolute Gasteiger partial charge is 0.119 e. The first-order valence-electron chi connectivity index (χ1n) is 10.5. The average molecular weight is 403 g/mol. The van der Waals surface area contributed by atoms with Crippen LogP contribution >= 0.6 is 0 Å². The summed E-state index contributed by atoms with van der Waals surface area (Å²) in [6, 6.07) is 26.3. The third kappa shape index (κ3) is 7.41. The van der Waals surface area contributed by atoms with E-state index in [1.807, 2.05) is 66.7 Å². The zero-order chi connectivity index (χ0) is 21.0. The summed E-state index contributed by atoms with van der Waals surface area (Å²) in [5, 5.41) is 10.2. The highest BCUT2D eigenvalue weighted by atomic mass is 16.5. The van der Waals surface area contributed by atoms with Crippen molar-refractivity contribution in [1.29, 1.82) is 0 Å². The molecule has 1 atom stereocenters. The van der Waals surface area contributed by atoms with Crippen LogP contribution in [0.2, 0.25) is 0 Å². The molecule has 3 rings (SSSR count). The van der Waals surface area contributed by atoms with Crippen molar-refractivity contribution in [3.05, 3.63) is 102 Å². The normalized spacial score (nSPS) is 12.1. The first-order chi connectivity index (χ1) is 14.7. The topological polar surface area (TPSA) is 38.7 Å². The van der Waals surface area contributed by atoms with Crippen molar-refractivity contribution in [3.63, 3.8) is 0 Å². The van der Waals surface area contributed by atoms with Crippen LogP contribution in [0.3, 0.4) is 0 Å². The van der Waals surface area contributed by atoms with Crippen molar-refractivity contribution in [1.82, 2.24) is 0 Å². The van der Waals surface area contributed by atoms with Gasteiger partial charge >= 0.3 is 0 Å². The van der Waals surface area contributed by atoms with Crippen LogP contribution in [-0.2, 0) is 13.0 Å². The fourth-order valence-electron chi connectivity index (χ4n) is 3.23. The lowest BCUT2D eigenvalue weighted by molar-refractivity contribution is 0.165. The zero-order valence-electron chi connectivity index (χ0n) is 17.5. The van der Waals surface area contributed by atoms with E-state index in [-0.39, 0.29) is 6.10 Å². The van der Waals surface area contributed by atoms with Gasteiger partial charge < -0.3 is 14.6 Å². The van der Waals surface area contributed by atoms with E-state index in [1.165, 1.54) is 5.56 Å². The van der Waals surface area contributed by atoms with Gasteiger partial charge in [-0.05, 0) is 66.6 Å². The molecule has 156 valence electrons. The number of aliphatic hydroxyl groups is 1. The van der Waals surface area contributed by atoms with Crippen LogP contribution in [0.15, 0.2) is 84.9 Å². The Bertz CT molecular complexity index is 884. The first kappa shape index (κ1) is 21.7. The molecule has 30 heavy (non-hydrogen) atoms. The maximum Gasteiger partial charge on any atom is 0.119 e. The van der Waals surface area contributed by atoms with Crippen LogP contribution in [0.25, 0.3) is 6.08 Å². The van der Waals surface area contributed by atoms with Gasteiger partial charge in [0.05, 0.1) is 13.2 Å². The van der Waals surface area contributed by atoms with Gasteiger partial charge in [-0.15, -0.1) is 0 Å². The highest BCUT2D eigenvalue weighted by Gasteiger charge is 2.03. The quantitative estimate of drug-likeness (QED) is 0.424. The van der Waals surface area contributed by atoms with Crippen LogP contribution in [0.4, 0.5) is 0 Å². The summed E-state index contributed by atoms with van der Waals surface area (Å²) in [7, 11) is 1.66. The molecule has 0 unspecified atom stereocenters. The number of benzene rings is 3. The molecule has 0 aliphatic rings. The van der Waals surface area contributed by atoms with E-state index in [0.29, 0.717) is 13.0 Å². The van der Waals surface area contributed by atoms with Gasteiger partial charge in [0, 0.05) is 0 Å². The number of rotatable bonds is 11. The Morgan fingerprint density at radius 3 is 2.23 bits per heavy atom. The molecule has 0 heterocycles. The van der Waals surface area contributed by atoms with Gasteiger partial charge in [0.1, 0.15) is 18.1 Å². The van der Waals surface area contributed by atoms with Gasteiger partial charge in [-0.25, -0.2) is 0 Å². The molecule has 0 saturated carbocycles. The molecule has 0 bridgehead atoms. The van der Waals surface area contributed by atoms with Crippen LogP contribution in [0, 0.1) is 0 Å². The van der Waals surface area contributed by atoms with Crippen LogP contribution in [0.1, 0.15) is 36.0 Å². The minimum absolute atomic E-state index is 0.312. The second kappa shape index (κ2) is 11.8. The predicted octanol–water partition coefficient (Wildman–Crippen LogP) is 6.06. The third-order valence-electron chi connectivity index (χ3n) is 5.01. The van der Waals surface area contributed by atoms with Crippen LogP contribution in [0.5, 0.6) is 11.5 Å². The van der Waals surface area contributed by atoms with E-state index in [0.717, 1.165) is 41.9 Å². The van der Waals surface area contributed by atoms with Crippen LogP contribution < -0.4 is 9.47 Å². The van der Waals surface area contributed by atoms with Crippen molar-refractivity contribution in [2.45, 2.75) is 38.4 Å². The molecule has 0 aliphatic carbocycles. The molecule has 3 aromatic rings. The fraction of sp³-hybridized carbons (Fsp3) is 0.259. The zero-order valence-corrected chi connectivity index (χ0v) is 17.5. The summed E-state index contributed by atoms with van der Waals surface area (Å²) in [5.74, 6) is 1.73. The van der Waals surface area contributed by atoms with E-state index < -0.39 is 0 Å². The van der Waals surface area contributed by atoms with Crippen molar-refractivity contribution < 1.29 is 14.6 Å². The molecule has 0 radical (unpaired) electrons. The minimum atomic E-state index is -0.312. The summed E-state index contributed by atoms with van der Waals surface area (Å²) >= 11 is 0. The van der Waals surface area contributed by atoms with Gasteiger partial charge in [-0.3, -0.25) is 0 Å². The first-order valence-corrected chi connectivity index (χ1v) is 10.5. The SMILES string of the molecule is COc1ccc(/C=C/C[C@H](O)CCCc2ccc(OCc3ccccc3)cc2)cc1. The lowest BCUT2D eigenvalue weighted by Crippen LogP contribution is -2.05. The number of aryl methyl sites for hydroxylation is 1. The maximum atomic E-state index is 10.2. The number of ether oxygens (including phenoxy) is 2. The van der Waals surface area contributed by atoms with E-state index in [1.54, 1.807) is 7.11 Å². The summed E-state index contributed by atoms with van der Waals surface area (Å²) in [6.07, 6.45) is 7.13. The molecule has 3 nitrogen and oxygen atoms in total. The molecule has 0 spiro atoms. The van der Waals surface area contributed by atoms with Gasteiger partial charge in [0.25, 0.3) is 0 Å². The molecule has 0 amide bonds. The van der Waals surface area contributed by atoms with Gasteiger partial charge in [0.2, 0.25) is 0 Å². The summed E-state index contributed by atoms with van der Waals surface area (Å²) in [4.78, 5) is 0. The summed E-state index contributed by atoms with van der Waals surface area (Å²) < 4.78 is 11.0. The molecule has 0 fully saturated rings. The average Bonchev–Trinajstić information content (AvgIpc) is 2.80. The molecule has 3 heteroatoms. The maximum absolute atomic E-state index is 10.2. The Kier molecular flexibility index (Phi) is 8.55. The lowest BCUT2D eigenvalue weighted by atomic mass is 10.0. The molecule has 0 aliphatic heterocycles. The molecular weight excluding hydrogens is 372 g/mol. The summed E-state index contributed by atoms with van der Waals surface area (Å²) in [6.45, 7) is 0.580. The molecule has 0 aromatic heterocycles. The standard InChI is InChI=1S/C27H30O3/c1-29-26-17-13-22(14-18-26)9-5-11-25(28)12-6-10-23-15-19-27(20-16-23)30-21-24-7-3-2-4-8-24/h2-5,7-9,13-20,25,28H,6,10-12,21H2,1H3/b9-5+/t25-/m0/s1. The van der Waals surface area contributed by atoms with E-state index in [2.05, 4.69) is 24.3 Å². The fourth-order valence-corrected chi connectivity index (χ4v) is 3.23. The van der Waals surface area contributed by atoms with Gasteiger partial charge in [0.15, 0.2) is 0 Å². The predicted molar refractivity (Wildman–Crippen MR) is 123 cm³/mol. The Hall–Kier alpha value is -3.04. The second-order valence-electron chi connectivity index (χ2n) is 7.38. The van der Waals surface area contributed by atoms with Gasteiger partial charge in [-0.1, -0.05) is 66.7 Å². The Morgan fingerprint density at radius 2 is 1.53 bits per heavy atom. The van der Waals surface area contributed by atoms with Crippen LogP contribution in [-0.4, -0.2) is 18.3 Å². The van der Waals surface area contributed by atoms with Crippen molar-refractivity contribution in [2.24, 2.45) is 0 Å². The Labute approximate surface area is 179 Å². The second-order valence-corrected chi connectivity index (χ2v) is 7.38. The van der Waals surface area contributed by atoms with Crippen molar-refractivity contribution in [3.8, 4) is 11.5 Å². The number of hydrogen-bond donors (Lipinski definition) is 1. The molecule has 3 aromatic carbocycles. The monoisotopic (exact) mass is 402 g/mol. The lowest BCUT2D eigenvalue weighted by Gasteiger charge is -2.09. The Balaban J connectivity index is 1.34. The highest BCUT2D eigenvalue weighted by molar-refractivity contribution is 5.50. The Morgan fingerprint density at radius 1 is 0.833 bits per heavy atom. The van der Waals surface area contributed by atoms with Crippen molar-refractivity contribution in [2.75, 3.05) is 7.11 Å². The molecule has 0 saturated heterocycles. The van der Waals surface area contributed by atoms with Crippen molar-refractivity contribution >= 4 is 6.08 Å². The van der Waals surface area contributed by atoms with E-state index in [9.17, 15) is 5.11 Å².